The molecule has 0 spiro atoms. The Morgan fingerprint density at radius 3 is 2.61 bits per heavy atom. The maximum absolute atomic E-state index is 12.4. The second-order valence-corrected chi connectivity index (χ2v) is 5.18. The van der Waals surface area contributed by atoms with Crippen molar-refractivity contribution in [1.29, 1.82) is 0 Å². The third kappa shape index (κ3) is 3.39. The van der Waals surface area contributed by atoms with Crippen molar-refractivity contribution in [2.24, 2.45) is 0 Å². The minimum atomic E-state index is -1.14. The van der Waals surface area contributed by atoms with Gasteiger partial charge < -0.3 is 19.9 Å². The predicted octanol–water partition coefficient (Wildman–Crippen LogP) is 2.07. The van der Waals surface area contributed by atoms with E-state index >= 15 is 0 Å². The van der Waals surface area contributed by atoms with E-state index in [1.165, 1.54) is 26.4 Å². The lowest BCUT2D eigenvalue weighted by atomic mass is 10.1. The van der Waals surface area contributed by atoms with Gasteiger partial charge in [-0.2, -0.15) is 0 Å². The number of rotatable bonds is 6. The molecule has 1 aromatic heterocycles. The molecule has 0 aliphatic carbocycles. The normalized spacial score (nSPS) is 10.2. The lowest BCUT2D eigenvalue weighted by Crippen LogP contribution is -2.14. The molecule has 0 saturated heterocycles. The van der Waals surface area contributed by atoms with Gasteiger partial charge in [-0.25, -0.2) is 4.79 Å². The van der Waals surface area contributed by atoms with Crippen LogP contribution in [0.4, 0.5) is 5.69 Å². The van der Waals surface area contributed by atoms with Crippen LogP contribution >= 0.6 is 11.5 Å². The van der Waals surface area contributed by atoms with E-state index < -0.39 is 11.9 Å². The highest BCUT2D eigenvalue weighted by Gasteiger charge is 2.20. The molecule has 1 heterocycles. The molecule has 1 aromatic carbocycles. The fourth-order valence-corrected chi connectivity index (χ4v) is 2.62. The van der Waals surface area contributed by atoms with E-state index in [1.54, 1.807) is 0 Å². The Labute approximate surface area is 136 Å². The Balaban J connectivity index is 2.43. The second kappa shape index (κ2) is 7.05. The topological polar surface area (TPSA) is 111 Å². The van der Waals surface area contributed by atoms with Crippen LogP contribution in [0.3, 0.4) is 0 Å². The van der Waals surface area contributed by atoms with Gasteiger partial charge in [0.05, 0.1) is 31.2 Å². The Morgan fingerprint density at radius 1 is 1.30 bits per heavy atom. The van der Waals surface area contributed by atoms with Gasteiger partial charge in [0, 0.05) is 0 Å². The summed E-state index contributed by atoms with van der Waals surface area (Å²) in [6.07, 6.45) is 0.564. The number of anilines is 1. The number of hydrogen-bond acceptors (Lipinski definition) is 7. The predicted molar refractivity (Wildman–Crippen MR) is 83.7 cm³/mol. The highest BCUT2D eigenvalue weighted by molar-refractivity contribution is 7.08. The summed E-state index contributed by atoms with van der Waals surface area (Å²) in [5.41, 5.74) is 0.744. The molecule has 0 aliphatic rings. The first kappa shape index (κ1) is 16.7. The number of carboxylic acid groups (broad SMARTS) is 1. The average molecular weight is 337 g/mol. The number of aryl methyl sites for hydroxylation is 1. The number of carbonyl (C=O) groups is 2. The van der Waals surface area contributed by atoms with Gasteiger partial charge in [-0.15, -0.1) is 5.10 Å². The zero-order valence-electron chi connectivity index (χ0n) is 12.7. The molecule has 2 aromatic rings. The van der Waals surface area contributed by atoms with Gasteiger partial charge in [-0.05, 0) is 30.1 Å². The molecule has 0 aliphatic heterocycles. The Hall–Kier alpha value is -2.68. The van der Waals surface area contributed by atoms with E-state index in [-0.39, 0.29) is 22.7 Å². The fourth-order valence-electron chi connectivity index (χ4n) is 1.97. The highest BCUT2D eigenvalue weighted by Crippen LogP contribution is 2.37. The van der Waals surface area contributed by atoms with Crippen LogP contribution in [0.25, 0.3) is 0 Å². The summed E-state index contributed by atoms with van der Waals surface area (Å²) in [5, 5.41) is 15.7. The monoisotopic (exact) mass is 337 g/mol. The largest absolute Gasteiger partial charge is 0.493 e. The first-order chi connectivity index (χ1) is 11.0. The number of methoxy groups -OCH3 is 2. The van der Waals surface area contributed by atoms with Crippen LogP contribution < -0.4 is 14.8 Å². The van der Waals surface area contributed by atoms with Gasteiger partial charge >= 0.3 is 5.97 Å². The number of aromatic nitrogens is 2. The van der Waals surface area contributed by atoms with E-state index in [9.17, 15) is 9.59 Å². The third-order valence-corrected chi connectivity index (χ3v) is 3.84. The van der Waals surface area contributed by atoms with Gasteiger partial charge in [-0.1, -0.05) is 11.4 Å². The number of ether oxygens (including phenoxy) is 2. The molecule has 122 valence electrons. The van der Waals surface area contributed by atoms with E-state index in [1.807, 2.05) is 6.92 Å². The lowest BCUT2D eigenvalue weighted by molar-refractivity contribution is 0.0696. The standard InChI is InChI=1S/C14H15N3O5S/c1-4-8-12(23-17-16-8)13(18)15-9-5-7(14(19)20)6-10(21-2)11(9)22-3/h5-6H,4H2,1-3H3,(H,15,18)(H,19,20). The van der Waals surface area contributed by atoms with E-state index in [0.29, 0.717) is 17.0 Å². The summed E-state index contributed by atoms with van der Waals surface area (Å²) in [5.74, 6) is -1.13. The molecule has 2 rings (SSSR count). The molecule has 2 N–H and O–H groups in total. The smallest absolute Gasteiger partial charge is 0.335 e. The van der Waals surface area contributed by atoms with Gasteiger partial charge in [0.15, 0.2) is 11.5 Å². The molecule has 0 bridgehead atoms. The molecule has 23 heavy (non-hydrogen) atoms. The van der Waals surface area contributed by atoms with Crippen molar-refractivity contribution in [3.63, 3.8) is 0 Å². The summed E-state index contributed by atoms with van der Waals surface area (Å²) >= 11 is 0.974. The average Bonchev–Trinajstić information content (AvgIpc) is 3.02. The summed E-state index contributed by atoms with van der Waals surface area (Å²) < 4.78 is 14.1. The number of carboxylic acids is 1. The minimum Gasteiger partial charge on any atom is -0.493 e. The maximum Gasteiger partial charge on any atom is 0.335 e. The van der Waals surface area contributed by atoms with Crippen LogP contribution in [-0.4, -0.2) is 40.8 Å². The zero-order chi connectivity index (χ0) is 17.0. The molecule has 0 unspecified atom stereocenters. The van der Waals surface area contributed by atoms with Gasteiger partial charge in [0.2, 0.25) is 0 Å². The molecule has 0 saturated carbocycles. The van der Waals surface area contributed by atoms with E-state index in [2.05, 4.69) is 14.9 Å². The first-order valence-electron chi connectivity index (χ1n) is 6.63. The van der Waals surface area contributed by atoms with Crippen molar-refractivity contribution in [2.45, 2.75) is 13.3 Å². The number of hydrogen-bond donors (Lipinski definition) is 2. The Morgan fingerprint density at radius 2 is 2.04 bits per heavy atom. The number of amides is 1. The van der Waals surface area contributed by atoms with Crippen LogP contribution in [0, 0.1) is 0 Å². The van der Waals surface area contributed by atoms with Gasteiger partial charge in [0.1, 0.15) is 4.88 Å². The number of carbonyl (C=O) groups excluding carboxylic acids is 1. The van der Waals surface area contributed by atoms with E-state index in [4.69, 9.17) is 14.6 Å². The Kier molecular flexibility index (Phi) is 5.12. The van der Waals surface area contributed by atoms with Gasteiger partial charge in [-0.3, -0.25) is 4.79 Å². The van der Waals surface area contributed by atoms with E-state index in [0.717, 1.165) is 11.5 Å². The Bertz CT molecular complexity index is 744. The molecular formula is C14H15N3O5S. The van der Waals surface area contributed by atoms with Crippen molar-refractivity contribution in [2.75, 3.05) is 19.5 Å². The fraction of sp³-hybridized carbons (Fsp3) is 0.286. The second-order valence-electron chi connectivity index (χ2n) is 4.42. The van der Waals surface area contributed by atoms with Gasteiger partial charge in [0.25, 0.3) is 5.91 Å². The van der Waals surface area contributed by atoms with Crippen LogP contribution in [0.5, 0.6) is 11.5 Å². The SMILES string of the molecule is CCc1nnsc1C(=O)Nc1cc(C(=O)O)cc(OC)c1OC. The van der Waals surface area contributed by atoms with Crippen molar-refractivity contribution < 1.29 is 24.2 Å². The quantitative estimate of drug-likeness (QED) is 0.830. The number of aromatic carboxylic acids is 1. The number of benzene rings is 1. The van der Waals surface area contributed by atoms with Crippen molar-refractivity contribution in [1.82, 2.24) is 9.59 Å². The number of nitrogens with one attached hydrogen (secondary N) is 1. The van der Waals surface area contributed by atoms with Crippen molar-refractivity contribution >= 4 is 29.1 Å². The number of nitrogens with zero attached hydrogens (tertiary/aromatic N) is 2. The third-order valence-electron chi connectivity index (χ3n) is 3.07. The van der Waals surface area contributed by atoms with Crippen LogP contribution in [-0.2, 0) is 6.42 Å². The van der Waals surface area contributed by atoms with Crippen LogP contribution in [0.15, 0.2) is 12.1 Å². The molecular weight excluding hydrogens is 322 g/mol. The summed E-state index contributed by atoms with van der Waals surface area (Å²) in [7, 11) is 2.79. The summed E-state index contributed by atoms with van der Waals surface area (Å²) in [4.78, 5) is 24.0. The first-order valence-corrected chi connectivity index (χ1v) is 7.41. The van der Waals surface area contributed by atoms with Crippen LogP contribution in [0.2, 0.25) is 0 Å². The molecule has 8 nitrogen and oxygen atoms in total. The molecule has 0 atom stereocenters. The zero-order valence-corrected chi connectivity index (χ0v) is 13.6. The molecule has 0 radical (unpaired) electrons. The molecule has 9 heteroatoms. The summed E-state index contributed by atoms with van der Waals surface area (Å²) in [6.45, 7) is 1.86. The molecule has 0 fully saturated rings. The highest BCUT2D eigenvalue weighted by atomic mass is 32.1. The van der Waals surface area contributed by atoms with Crippen LogP contribution in [0.1, 0.15) is 32.6 Å². The maximum atomic E-state index is 12.4. The molecule has 1 amide bonds. The summed E-state index contributed by atoms with van der Waals surface area (Å²) in [6, 6.07) is 2.63. The lowest BCUT2D eigenvalue weighted by Gasteiger charge is -2.14. The minimum absolute atomic E-state index is 0.0314. The van der Waals surface area contributed by atoms with Crippen molar-refractivity contribution in [3.8, 4) is 11.5 Å². The van der Waals surface area contributed by atoms with Crippen molar-refractivity contribution in [3.05, 3.63) is 28.3 Å².